The van der Waals surface area contributed by atoms with Crippen molar-refractivity contribution in [3.63, 3.8) is 0 Å². The smallest absolute Gasteiger partial charge is 0.319 e. The molecule has 46 heavy (non-hydrogen) atoms. The molecule has 2 aromatic carbocycles. The third-order valence-electron chi connectivity index (χ3n) is 10.1. The average molecular weight is 667 g/mol. The molecule has 4 aliphatic rings. The maximum absolute atomic E-state index is 17.1. The van der Waals surface area contributed by atoms with Gasteiger partial charge >= 0.3 is 6.01 Å². The van der Waals surface area contributed by atoms with Gasteiger partial charge in [0.25, 0.3) is 0 Å². The molecule has 5 heterocycles. The van der Waals surface area contributed by atoms with Crippen LogP contribution in [0.3, 0.4) is 0 Å². The summed E-state index contributed by atoms with van der Waals surface area (Å²) >= 11 is 7.95. The molecular weight excluding hydrogens is 637 g/mol. The van der Waals surface area contributed by atoms with Crippen LogP contribution in [0.1, 0.15) is 44.1 Å². The molecule has 238 valence electrons. The molecule has 4 aromatic rings. The SMILES string of the molecule is C=C[C@H]1COc2c(Cl)c(-c3ccc(F)c4sc(N)c(C#N)c34)c(F)c3nc(OC[C@@]45CCCN4C[C@H](F)C5)nc(c23)N1C1CCC1. The van der Waals surface area contributed by atoms with Crippen LogP contribution in [-0.4, -0.2) is 65.0 Å². The van der Waals surface area contributed by atoms with E-state index in [0.29, 0.717) is 24.2 Å². The van der Waals surface area contributed by atoms with Crippen LogP contribution in [0.25, 0.3) is 32.1 Å². The van der Waals surface area contributed by atoms with Gasteiger partial charge in [0.2, 0.25) is 0 Å². The van der Waals surface area contributed by atoms with Gasteiger partial charge in [-0.15, -0.1) is 17.9 Å². The molecule has 0 bridgehead atoms. The number of alkyl halides is 1. The Bertz CT molecular complexity index is 1980. The summed E-state index contributed by atoms with van der Waals surface area (Å²) in [5, 5.41) is 10.4. The standard InChI is InChI=1S/C33H30ClF3N6O2S/c1-2-17-14-44-28-24-27(26(37)23(25(28)34)19-7-8-21(36)29-22(19)20(12-38)30(39)46-29)40-32(41-31(24)43(17)18-5-3-6-18)45-15-33-9-4-10-42(33)13-16(35)11-33/h2,7-8,16-18H,1,3-6,9-11,13-15,39H2/t16-,17+,33+/m1/s1. The van der Waals surface area contributed by atoms with Gasteiger partial charge < -0.3 is 20.1 Å². The molecule has 13 heteroatoms. The fraction of sp³-hybridized carbons (Fsp3) is 0.424. The highest BCUT2D eigenvalue weighted by molar-refractivity contribution is 7.23. The number of hydrogen-bond donors (Lipinski definition) is 1. The molecule has 2 aromatic heterocycles. The van der Waals surface area contributed by atoms with E-state index in [2.05, 4.69) is 21.4 Å². The Balaban J connectivity index is 1.36. The molecule has 2 saturated heterocycles. The number of aromatic nitrogens is 2. The second-order valence-corrected chi connectivity index (χ2v) is 14.0. The molecular formula is C33H30ClF3N6O2S. The van der Waals surface area contributed by atoms with Crippen LogP contribution < -0.4 is 20.1 Å². The van der Waals surface area contributed by atoms with E-state index < -0.39 is 23.3 Å². The van der Waals surface area contributed by atoms with E-state index in [0.717, 1.165) is 50.0 Å². The molecule has 3 aliphatic heterocycles. The van der Waals surface area contributed by atoms with Gasteiger partial charge in [0, 0.05) is 30.0 Å². The Morgan fingerprint density at radius 1 is 1.26 bits per heavy atom. The van der Waals surface area contributed by atoms with E-state index in [4.69, 9.17) is 31.8 Å². The van der Waals surface area contributed by atoms with Crippen LogP contribution in [0.15, 0.2) is 24.8 Å². The van der Waals surface area contributed by atoms with Crippen molar-refractivity contribution in [2.45, 2.75) is 62.3 Å². The summed E-state index contributed by atoms with van der Waals surface area (Å²) in [4.78, 5) is 13.7. The van der Waals surface area contributed by atoms with E-state index >= 15 is 4.39 Å². The number of nitriles is 1. The summed E-state index contributed by atoms with van der Waals surface area (Å²) in [6.07, 6.45) is 5.79. The molecule has 0 amide bonds. The highest BCUT2D eigenvalue weighted by Crippen LogP contribution is 2.52. The number of halogens is 4. The Morgan fingerprint density at radius 3 is 2.83 bits per heavy atom. The lowest BCUT2D eigenvalue weighted by molar-refractivity contribution is 0.107. The summed E-state index contributed by atoms with van der Waals surface area (Å²) in [7, 11) is 0. The lowest BCUT2D eigenvalue weighted by Crippen LogP contribution is -2.48. The minimum atomic E-state index is -0.938. The summed E-state index contributed by atoms with van der Waals surface area (Å²) in [6, 6.07) is 4.38. The van der Waals surface area contributed by atoms with Gasteiger partial charge in [-0.3, -0.25) is 4.90 Å². The number of hydrogen-bond acceptors (Lipinski definition) is 9. The number of rotatable bonds is 6. The molecule has 8 rings (SSSR count). The fourth-order valence-electron chi connectivity index (χ4n) is 7.71. The Kier molecular flexibility index (Phi) is 7.01. The first-order valence-corrected chi connectivity index (χ1v) is 16.6. The predicted molar refractivity (Wildman–Crippen MR) is 173 cm³/mol. The second-order valence-electron chi connectivity index (χ2n) is 12.6. The van der Waals surface area contributed by atoms with Crippen LogP contribution in [-0.2, 0) is 0 Å². The van der Waals surface area contributed by atoms with Gasteiger partial charge in [-0.1, -0.05) is 23.7 Å². The summed E-state index contributed by atoms with van der Waals surface area (Å²) in [6.45, 7) is 5.53. The molecule has 2 N–H and O–H groups in total. The quantitative estimate of drug-likeness (QED) is 0.217. The number of thiophene rings is 1. The van der Waals surface area contributed by atoms with Gasteiger partial charge in [-0.25, -0.2) is 13.2 Å². The van der Waals surface area contributed by atoms with Crippen LogP contribution in [0, 0.1) is 23.0 Å². The van der Waals surface area contributed by atoms with Crippen LogP contribution in [0.4, 0.5) is 24.0 Å². The number of benzene rings is 2. The molecule has 0 spiro atoms. The number of nitrogens with two attached hydrogens (primary N) is 1. The number of anilines is 2. The lowest BCUT2D eigenvalue weighted by atomic mass is 9.90. The van der Waals surface area contributed by atoms with Crippen molar-refractivity contribution in [3.05, 3.63) is 47.0 Å². The van der Waals surface area contributed by atoms with Gasteiger partial charge in [0.15, 0.2) is 11.6 Å². The third kappa shape index (κ3) is 4.28. The molecule has 3 atom stereocenters. The first kappa shape index (κ1) is 29.6. The van der Waals surface area contributed by atoms with Crippen molar-refractivity contribution >= 4 is 54.7 Å². The monoisotopic (exact) mass is 666 g/mol. The van der Waals surface area contributed by atoms with E-state index in [1.165, 1.54) is 12.1 Å². The van der Waals surface area contributed by atoms with Gasteiger partial charge in [0.1, 0.15) is 47.6 Å². The summed E-state index contributed by atoms with van der Waals surface area (Å²) in [5.74, 6) is -0.777. The lowest BCUT2D eigenvalue weighted by Gasteiger charge is -2.41. The van der Waals surface area contributed by atoms with Crippen LogP contribution in [0.2, 0.25) is 5.02 Å². The first-order chi connectivity index (χ1) is 22.2. The third-order valence-corrected chi connectivity index (χ3v) is 11.5. The maximum atomic E-state index is 17.1. The predicted octanol–water partition coefficient (Wildman–Crippen LogP) is 7.16. The van der Waals surface area contributed by atoms with Crippen molar-refractivity contribution in [3.8, 4) is 29.0 Å². The van der Waals surface area contributed by atoms with E-state index in [-0.39, 0.29) is 79.4 Å². The fourth-order valence-corrected chi connectivity index (χ4v) is 8.99. The number of nitrogen functional groups attached to an aromatic ring is 1. The van der Waals surface area contributed by atoms with Crippen molar-refractivity contribution in [1.29, 1.82) is 5.26 Å². The number of nitrogens with zero attached hydrogens (tertiary/aromatic N) is 5. The van der Waals surface area contributed by atoms with Crippen LogP contribution >= 0.6 is 22.9 Å². The molecule has 0 radical (unpaired) electrons. The normalized spacial score (nSPS) is 24.5. The topological polar surface area (TPSA) is 101 Å². The van der Waals surface area contributed by atoms with Crippen LogP contribution in [0.5, 0.6) is 11.8 Å². The van der Waals surface area contributed by atoms with Gasteiger partial charge in [0.05, 0.1) is 32.3 Å². The van der Waals surface area contributed by atoms with Gasteiger partial charge in [-0.05, 0) is 50.3 Å². The van der Waals surface area contributed by atoms with Crippen molar-refractivity contribution in [2.75, 3.05) is 36.9 Å². The largest absolute Gasteiger partial charge is 0.489 e. The van der Waals surface area contributed by atoms with E-state index in [9.17, 15) is 14.0 Å². The Labute approximate surface area is 272 Å². The summed E-state index contributed by atoms with van der Waals surface area (Å²) in [5.41, 5.74) is 5.68. The highest BCUT2D eigenvalue weighted by atomic mass is 35.5. The zero-order valence-corrected chi connectivity index (χ0v) is 26.4. The second kappa shape index (κ2) is 10.9. The van der Waals surface area contributed by atoms with E-state index in [1.54, 1.807) is 6.08 Å². The van der Waals surface area contributed by atoms with Crippen molar-refractivity contribution < 1.29 is 22.6 Å². The number of ether oxygens (including phenoxy) is 2. The molecule has 0 unspecified atom stereocenters. The maximum Gasteiger partial charge on any atom is 0.319 e. The van der Waals surface area contributed by atoms with Crippen molar-refractivity contribution in [2.24, 2.45) is 0 Å². The zero-order valence-electron chi connectivity index (χ0n) is 24.8. The minimum Gasteiger partial charge on any atom is -0.489 e. The first-order valence-electron chi connectivity index (χ1n) is 15.4. The molecule has 1 aliphatic carbocycles. The summed E-state index contributed by atoms with van der Waals surface area (Å²) < 4.78 is 59.3. The average Bonchev–Trinajstić information content (AvgIpc) is 3.62. The highest BCUT2D eigenvalue weighted by Gasteiger charge is 2.49. The van der Waals surface area contributed by atoms with Crippen molar-refractivity contribution in [1.82, 2.24) is 14.9 Å². The molecule has 1 saturated carbocycles. The number of fused-ring (bicyclic) bond motifs is 2. The molecule has 3 fully saturated rings. The minimum absolute atomic E-state index is 0.0373. The van der Waals surface area contributed by atoms with E-state index in [1.807, 2.05) is 6.07 Å². The Hall–Kier alpha value is -3.79. The zero-order chi connectivity index (χ0) is 31.9. The van der Waals surface area contributed by atoms with Gasteiger partial charge in [-0.2, -0.15) is 15.2 Å². The molecule has 8 nitrogen and oxygen atoms in total. The Morgan fingerprint density at radius 2 is 2.09 bits per heavy atom.